The monoisotopic (exact) mass is 446 g/mol. The van der Waals surface area contributed by atoms with Crippen molar-refractivity contribution in [2.75, 3.05) is 6.54 Å². The minimum Gasteiger partial charge on any atom is -0.505 e. The zero-order valence-electron chi connectivity index (χ0n) is 17.4. The van der Waals surface area contributed by atoms with E-state index in [4.69, 9.17) is 23.2 Å². The standard InChI is InChI=1S/C22H24Cl2N4O2/c1-5-27(12-14-6-8-15(9-7-14)22(2,3)4)21(30)20-25-13-28(26-20)16-10-17(23)19(29)18(24)11-16/h6-11,13,29H,5,12H2,1-4H3. The van der Waals surface area contributed by atoms with Crippen molar-refractivity contribution in [1.82, 2.24) is 19.7 Å². The van der Waals surface area contributed by atoms with E-state index in [1.54, 1.807) is 4.90 Å². The van der Waals surface area contributed by atoms with E-state index in [9.17, 15) is 9.90 Å². The van der Waals surface area contributed by atoms with E-state index in [-0.39, 0.29) is 32.9 Å². The van der Waals surface area contributed by atoms with E-state index >= 15 is 0 Å². The number of nitrogens with zero attached hydrogens (tertiary/aromatic N) is 4. The molecule has 0 fully saturated rings. The molecule has 158 valence electrons. The maximum absolute atomic E-state index is 12.9. The van der Waals surface area contributed by atoms with Crippen molar-refractivity contribution in [3.63, 3.8) is 0 Å². The van der Waals surface area contributed by atoms with Gasteiger partial charge >= 0.3 is 0 Å². The van der Waals surface area contributed by atoms with Crippen LogP contribution in [0.5, 0.6) is 5.75 Å². The number of benzene rings is 2. The fraction of sp³-hybridized carbons (Fsp3) is 0.318. The third-order valence-electron chi connectivity index (χ3n) is 4.81. The molecule has 0 bridgehead atoms. The van der Waals surface area contributed by atoms with Gasteiger partial charge in [-0.15, -0.1) is 5.10 Å². The minimum absolute atomic E-state index is 0.0727. The number of amides is 1. The van der Waals surface area contributed by atoms with Crippen LogP contribution in [0, 0.1) is 0 Å². The van der Waals surface area contributed by atoms with Crippen molar-refractivity contribution < 1.29 is 9.90 Å². The van der Waals surface area contributed by atoms with Gasteiger partial charge < -0.3 is 10.0 Å². The van der Waals surface area contributed by atoms with E-state index in [0.29, 0.717) is 18.8 Å². The van der Waals surface area contributed by atoms with E-state index in [1.165, 1.54) is 28.7 Å². The number of halogens is 2. The van der Waals surface area contributed by atoms with Crippen molar-refractivity contribution in [3.8, 4) is 11.4 Å². The minimum atomic E-state index is -0.271. The fourth-order valence-corrected chi connectivity index (χ4v) is 3.44. The van der Waals surface area contributed by atoms with Crippen LogP contribution >= 0.6 is 23.2 Å². The normalized spacial score (nSPS) is 11.5. The molecule has 0 radical (unpaired) electrons. The summed E-state index contributed by atoms with van der Waals surface area (Å²) in [6.45, 7) is 9.40. The van der Waals surface area contributed by atoms with Crippen LogP contribution in [0.25, 0.3) is 5.69 Å². The molecule has 3 aromatic rings. The molecule has 0 aliphatic carbocycles. The molecule has 8 heteroatoms. The van der Waals surface area contributed by atoms with Crippen LogP contribution in [0.1, 0.15) is 49.4 Å². The Balaban J connectivity index is 1.78. The summed E-state index contributed by atoms with van der Waals surface area (Å²) < 4.78 is 1.40. The predicted molar refractivity (Wildman–Crippen MR) is 119 cm³/mol. The molecule has 1 amide bonds. The highest BCUT2D eigenvalue weighted by Crippen LogP contribution is 2.33. The quantitative estimate of drug-likeness (QED) is 0.581. The number of aromatic hydroxyl groups is 1. The van der Waals surface area contributed by atoms with Gasteiger partial charge in [0.1, 0.15) is 6.33 Å². The largest absolute Gasteiger partial charge is 0.505 e. The summed E-state index contributed by atoms with van der Waals surface area (Å²) >= 11 is 11.9. The van der Waals surface area contributed by atoms with E-state index in [2.05, 4.69) is 43.0 Å². The Kier molecular flexibility index (Phi) is 6.38. The lowest BCUT2D eigenvalue weighted by Gasteiger charge is -2.22. The highest BCUT2D eigenvalue weighted by molar-refractivity contribution is 6.37. The molecule has 30 heavy (non-hydrogen) atoms. The molecular weight excluding hydrogens is 423 g/mol. The van der Waals surface area contributed by atoms with Crippen LogP contribution in [0.4, 0.5) is 0 Å². The molecule has 0 aliphatic heterocycles. The van der Waals surface area contributed by atoms with Gasteiger partial charge in [-0.25, -0.2) is 9.67 Å². The molecule has 0 unspecified atom stereocenters. The predicted octanol–water partition coefficient (Wildman–Crippen LogP) is 5.24. The summed E-state index contributed by atoms with van der Waals surface area (Å²) in [5.74, 6) is -0.399. The fourth-order valence-electron chi connectivity index (χ4n) is 2.97. The Morgan fingerprint density at radius 2 is 1.73 bits per heavy atom. The Bertz CT molecular complexity index is 1030. The topological polar surface area (TPSA) is 71.2 Å². The lowest BCUT2D eigenvalue weighted by atomic mass is 9.87. The molecule has 1 heterocycles. The molecule has 2 aromatic carbocycles. The molecule has 0 aliphatic rings. The lowest BCUT2D eigenvalue weighted by molar-refractivity contribution is 0.0740. The third kappa shape index (κ3) is 4.77. The first-order valence-corrected chi connectivity index (χ1v) is 10.3. The summed E-state index contributed by atoms with van der Waals surface area (Å²) in [4.78, 5) is 18.8. The molecule has 0 spiro atoms. The number of phenolic OH excluding ortho intramolecular Hbond substituents is 1. The Labute approximate surface area is 186 Å². The van der Waals surface area contributed by atoms with E-state index < -0.39 is 0 Å². The molecule has 1 N–H and O–H groups in total. The number of hydrogen-bond donors (Lipinski definition) is 1. The summed E-state index contributed by atoms with van der Waals surface area (Å²) in [6, 6.07) is 11.3. The first-order chi connectivity index (χ1) is 14.1. The van der Waals surface area contributed by atoms with Crippen LogP contribution < -0.4 is 0 Å². The zero-order valence-corrected chi connectivity index (χ0v) is 18.9. The van der Waals surface area contributed by atoms with Crippen LogP contribution in [-0.4, -0.2) is 37.2 Å². The Morgan fingerprint density at radius 1 is 1.13 bits per heavy atom. The lowest BCUT2D eigenvalue weighted by Crippen LogP contribution is -2.31. The third-order valence-corrected chi connectivity index (χ3v) is 5.39. The molecule has 0 atom stereocenters. The molecule has 1 aromatic heterocycles. The van der Waals surface area contributed by atoms with E-state index in [0.717, 1.165) is 5.56 Å². The molecular formula is C22H24Cl2N4O2. The zero-order chi connectivity index (χ0) is 22.1. The highest BCUT2D eigenvalue weighted by atomic mass is 35.5. The molecule has 6 nitrogen and oxygen atoms in total. The highest BCUT2D eigenvalue weighted by Gasteiger charge is 2.20. The molecule has 0 saturated carbocycles. The van der Waals surface area contributed by atoms with Crippen LogP contribution in [0.3, 0.4) is 0 Å². The van der Waals surface area contributed by atoms with Gasteiger partial charge in [0.15, 0.2) is 5.75 Å². The maximum atomic E-state index is 12.9. The summed E-state index contributed by atoms with van der Waals surface area (Å²) in [7, 11) is 0. The van der Waals surface area contributed by atoms with Crippen molar-refractivity contribution in [2.45, 2.75) is 39.7 Å². The van der Waals surface area contributed by atoms with E-state index in [1.807, 2.05) is 19.1 Å². The number of rotatable bonds is 5. The van der Waals surface area contributed by atoms with Gasteiger partial charge in [-0.2, -0.15) is 0 Å². The molecule has 3 rings (SSSR count). The summed E-state index contributed by atoms with van der Waals surface area (Å²) in [5.41, 5.74) is 2.85. The van der Waals surface area contributed by atoms with Crippen LogP contribution in [0.2, 0.25) is 10.0 Å². The first-order valence-electron chi connectivity index (χ1n) is 9.59. The van der Waals surface area contributed by atoms with Crippen LogP contribution in [0.15, 0.2) is 42.7 Å². The van der Waals surface area contributed by atoms with Gasteiger partial charge in [0.25, 0.3) is 5.91 Å². The van der Waals surface area contributed by atoms with Crippen LogP contribution in [-0.2, 0) is 12.0 Å². The second kappa shape index (κ2) is 8.66. The second-order valence-corrected chi connectivity index (χ2v) is 8.85. The van der Waals surface area contributed by atoms with Gasteiger partial charge in [0, 0.05) is 13.1 Å². The number of carbonyl (C=O) groups excluding carboxylic acids is 1. The van der Waals surface area contributed by atoms with Crippen molar-refractivity contribution >= 4 is 29.1 Å². The first kappa shape index (κ1) is 22.1. The SMILES string of the molecule is CCN(Cc1ccc(C(C)(C)C)cc1)C(=O)c1ncn(-c2cc(Cl)c(O)c(Cl)c2)n1. The van der Waals surface area contributed by atoms with Crippen molar-refractivity contribution in [2.24, 2.45) is 0 Å². The number of carbonyl (C=O) groups is 1. The maximum Gasteiger partial charge on any atom is 0.293 e. The number of aromatic nitrogens is 3. The van der Waals surface area contributed by atoms with Crippen molar-refractivity contribution in [3.05, 3.63) is 69.7 Å². The van der Waals surface area contributed by atoms with Gasteiger partial charge in [-0.3, -0.25) is 4.79 Å². The molecule has 0 saturated heterocycles. The van der Waals surface area contributed by atoms with Gasteiger partial charge in [0.2, 0.25) is 5.82 Å². The second-order valence-electron chi connectivity index (χ2n) is 8.04. The number of hydrogen-bond acceptors (Lipinski definition) is 4. The van der Waals surface area contributed by atoms with Gasteiger partial charge in [0.05, 0.1) is 15.7 Å². The average molecular weight is 447 g/mol. The smallest absolute Gasteiger partial charge is 0.293 e. The Morgan fingerprint density at radius 3 is 2.27 bits per heavy atom. The number of phenols is 1. The van der Waals surface area contributed by atoms with Gasteiger partial charge in [-0.05, 0) is 35.6 Å². The van der Waals surface area contributed by atoms with Crippen molar-refractivity contribution in [1.29, 1.82) is 0 Å². The summed E-state index contributed by atoms with van der Waals surface area (Å²) in [6.07, 6.45) is 1.41. The summed E-state index contributed by atoms with van der Waals surface area (Å²) in [5, 5.41) is 14.2. The average Bonchev–Trinajstić information content (AvgIpc) is 3.19. The van der Waals surface area contributed by atoms with Gasteiger partial charge in [-0.1, -0.05) is 68.2 Å². The Hall–Kier alpha value is -2.57.